The van der Waals surface area contributed by atoms with Gasteiger partial charge in [-0.05, 0) is 73.9 Å². The quantitative estimate of drug-likeness (QED) is 0.153. The number of imide groups is 2. The number of nitrogens with one attached hydrogen (secondary N) is 2. The second-order valence-corrected chi connectivity index (χ2v) is 9.54. The summed E-state index contributed by atoms with van der Waals surface area (Å²) in [5.74, 6) is -2.18. The van der Waals surface area contributed by atoms with Crippen molar-refractivity contribution in [1.82, 2.24) is 5.32 Å². The zero-order valence-corrected chi connectivity index (χ0v) is 23.5. The molecule has 1 heterocycles. The van der Waals surface area contributed by atoms with Crippen LogP contribution in [0.1, 0.15) is 23.6 Å². The number of barbiturate groups is 1. The van der Waals surface area contributed by atoms with Crippen molar-refractivity contribution in [2.75, 3.05) is 23.4 Å². The maximum atomic E-state index is 13.2. The van der Waals surface area contributed by atoms with E-state index >= 15 is 0 Å². The molecule has 5 amide bonds. The van der Waals surface area contributed by atoms with Crippen LogP contribution in [0.2, 0.25) is 5.02 Å². The molecule has 0 aliphatic carbocycles. The summed E-state index contributed by atoms with van der Waals surface area (Å²) in [7, 11) is 0. The lowest BCUT2D eigenvalue weighted by Gasteiger charge is -2.26. The van der Waals surface area contributed by atoms with Crippen LogP contribution in [0.15, 0.2) is 60.2 Å². The minimum Gasteiger partial charge on any atom is -0.490 e. The van der Waals surface area contributed by atoms with Crippen LogP contribution in [0, 0.1) is 24.0 Å². The zero-order chi connectivity index (χ0) is 30.6. The number of non-ortho nitro benzene ring substituents is 1. The molecule has 4 rings (SSSR count). The molecule has 0 atom stereocenters. The normalized spacial score (nSPS) is 14.0. The molecule has 2 N–H and O–H groups in total. The van der Waals surface area contributed by atoms with Gasteiger partial charge in [-0.25, -0.2) is 9.69 Å². The molecule has 0 aromatic heterocycles. The molecule has 1 fully saturated rings. The van der Waals surface area contributed by atoms with Gasteiger partial charge < -0.3 is 14.8 Å². The molecule has 13 heteroatoms. The summed E-state index contributed by atoms with van der Waals surface area (Å²) in [5.41, 5.74) is 2.09. The number of ether oxygens (including phenoxy) is 2. The van der Waals surface area contributed by atoms with E-state index in [2.05, 4.69) is 10.6 Å². The van der Waals surface area contributed by atoms with Crippen molar-refractivity contribution in [1.29, 1.82) is 0 Å². The van der Waals surface area contributed by atoms with Crippen LogP contribution in [0.4, 0.5) is 21.9 Å². The first-order chi connectivity index (χ1) is 20.0. The van der Waals surface area contributed by atoms with E-state index in [9.17, 15) is 29.3 Å². The Morgan fingerprint density at radius 1 is 1.07 bits per heavy atom. The Bertz CT molecular complexity index is 1650. The van der Waals surface area contributed by atoms with Gasteiger partial charge in [0.2, 0.25) is 0 Å². The fourth-order valence-corrected chi connectivity index (χ4v) is 4.31. The fraction of sp³-hybridized carbons (Fsp3) is 0.172. The number of benzene rings is 3. The lowest BCUT2D eigenvalue weighted by molar-refractivity contribution is -0.384. The van der Waals surface area contributed by atoms with Crippen LogP contribution in [-0.4, -0.2) is 41.9 Å². The third-order valence-electron chi connectivity index (χ3n) is 6.18. The van der Waals surface area contributed by atoms with E-state index in [4.69, 9.17) is 21.1 Å². The van der Waals surface area contributed by atoms with Crippen molar-refractivity contribution in [2.45, 2.75) is 20.8 Å². The molecule has 3 aromatic carbocycles. The minimum atomic E-state index is -1.06. The SMILES string of the molecule is CCOc1cc(/C=C2/C(=O)NC(=O)N(c3cccc([N+](=O)[O-])c3)C2=O)cc(Cl)c1OCC(=O)Nc1ccc(C)c(C)c1. The number of anilines is 2. The number of hydrogen-bond acceptors (Lipinski definition) is 8. The monoisotopic (exact) mass is 592 g/mol. The zero-order valence-electron chi connectivity index (χ0n) is 22.7. The molecule has 0 bridgehead atoms. The maximum absolute atomic E-state index is 13.2. The van der Waals surface area contributed by atoms with Crippen LogP contribution < -0.4 is 25.0 Å². The Morgan fingerprint density at radius 2 is 1.83 bits per heavy atom. The summed E-state index contributed by atoms with van der Waals surface area (Å²) in [4.78, 5) is 62.0. The highest BCUT2D eigenvalue weighted by Gasteiger charge is 2.37. The Kier molecular flexibility index (Phi) is 8.87. The van der Waals surface area contributed by atoms with E-state index in [1.807, 2.05) is 26.0 Å². The summed E-state index contributed by atoms with van der Waals surface area (Å²) in [6.45, 7) is 5.44. The van der Waals surface area contributed by atoms with Crippen LogP contribution in [0.25, 0.3) is 6.08 Å². The van der Waals surface area contributed by atoms with Gasteiger partial charge in [-0.1, -0.05) is 23.7 Å². The molecular formula is C29H25ClN4O8. The van der Waals surface area contributed by atoms with E-state index in [1.165, 1.54) is 36.4 Å². The first-order valence-electron chi connectivity index (χ1n) is 12.6. The van der Waals surface area contributed by atoms with E-state index in [1.54, 1.807) is 13.0 Å². The van der Waals surface area contributed by atoms with Gasteiger partial charge in [0.1, 0.15) is 5.57 Å². The lowest BCUT2D eigenvalue weighted by Crippen LogP contribution is -2.54. The Labute approximate surface area is 245 Å². The summed E-state index contributed by atoms with van der Waals surface area (Å²) in [6.07, 6.45) is 1.19. The van der Waals surface area contributed by atoms with Crippen molar-refractivity contribution >= 4 is 58.5 Å². The van der Waals surface area contributed by atoms with Gasteiger partial charge in [0, 0.05) is 17.8 Å². The molecule has 0 saturated carbocycles. The molecule has 0 unspecified atom stereocenters. The maximum Gasteiger partial charge on any atom is 0.335 e. The van der Waals surface area contributed by atoms with Gasteiger partial charge in [-0.2, -0.15) is 0 Å². The second-order valence-electron chi connectivity index (χ2n) is 9.13. The standard InChI is InChI=1S/C29H25ClN4O8/c1-4-41-24-13-18(12-23(30)26(24)42-15-25(35)31-19-9-8-16(2)17(3)10-19)11-22-27(36)32-29(38)33(28(22)37)20-6-5-7-21(14-20)34(39)40/h5-14H,4,15H2,1-3H3,(H,31,35)(H,32,36,38)/b22-11-. The number of nitro groups is 1. The van der Waals surface area contributed by atoms with Crippen molar-refractivity contribution in [2.24, 2.45) is 0 Å². The second kappa shape index (κ2) is 12.5. The Balaban J connectivity index is 1.59. The van der Waals surface area contributed by atoms with Gasteiger partial charge in [0.05, 0.1) is 22.2 Å². The largest absolute Gasteiger partial charge is 0.490 e. The summed E-state index contributed by atoms with van der Waals surface area (Å²) < 4.78 is 11.3. The fourth-order valence-electron chi connectivity index (χ4n) is 4.03. The number of halogens is 1. The first kappa shape index (κ1) is 29.7. The van der Waals surface area contributed by atoms with Crippen molar-refractivity contribution in [3.05, 3.63) is 92.0 Å². The molecule has 1 saturated heterocycles. The number of amides is 5. The van der Waals surface area contributed by atoms with Gasteiger partial charge in [-0.3, -0.25) is 29.8 Å². The predicted molar refractivity (Wildman–Crippen MR) is 155 cm³/mol. The molecule has 3 aromatic rings. The first-order valence-corrected chi connectivity index (χ1v) is 13.0. The molecule has 0 spiro atoms. The van der Waals surface area contributed by atoms with Crippen molar-refractivity contribution < 1.29 is 33.6 Å². The molecule has 1 aliphatic rings. The smallest absolute Gasteiger partial charge is 0.335 e. The van der Waals surface area contributed by atoms with Crippen LogP contribution in [-0.2, 0) is 14.4 Å². The van der Waals surface area contributed by atoms with E-state index in [0.29, 0.717) is 10.6 Å². The topological polar surface area (TPSA) is 157 Å². The van der Waals surface area contributed by atoms with Gasteiger partial charge in [0.15, 0.2) is 18.1 Å². The lowest BCUT2D eigenvalue weighted by atomic mass is 10.1. The molecule has 1 aliphatic heterocycles. The highest BCUT2D eigenvalue weighted by atomic mass is 35.5. The number of nitrogens with zero attached hydrogens (tertiary/aromatic N) is 2. The number of rotatable bonds is 9. The summed E-state index contributed by atoms with van der Waals surface area (Å²) in [5, 5.41) is 16.0. The van der Waals surface area contributed by atoms with Crippen LogP contribution in [0.3, 0.4) is 0 Å². The number of carbonyl (C=O) groups excluding carboxylic acids is 4. The van der Waals surface area contributed by atoms with Gasteiger partial charge in [-0.15, -0.1) is 0 Å². The van der Waals surface area contributed by atoms with Crippen LogP contribution >= 0.6 is 11.6 Å². The van der Waals surface area contributed by atoms with Crippen LogP contribution in [0.5, 0.6) is 11.5 Å². The molecule has 42 heavy (non-hydrogen) atoms. The average molecular weight is 593 g/mol. The van der Waals surface area contributed by atoms with E-state index < -0.39 is 34.2 Å². The number of nitro benzene ring substituents is 1. The molecule has 12 nitrogen and oxygen atoms in total. The summed E-state index contributed by atoms with van der Waals surface area (Å²) >= 11 is 6.46. The highest BCUT2D eigenvalue weighted by molar-refractivity contribution is 6.39. The highest BCUT2D eigenvalue weighted by Crippen LogP contribution is 2.38. The number of aryl methyl sites for hydroxylation is 2. The van der Waals surface area contributed by atoms with Crippen molar-refractivity contribution in [3.8, 4) is 11.5 Å². The molecular weight excluding hydrogens is 568 g/mol. The molecule has 0 radical (unpaired) electrons. The van der Waals surface area contributed by atoms with Gasteiger partial charge >= 0.3 is 6.03 Å². The third kappa shape index (κ3) is 6.56. The van der Waals surface area contributed by atoms with E-state index in [0.717, 1.165) is 17.2 Å². The number of hydrogen-bond donors (Lipinski definition) is 2. The minimum absolute atomic E-state index is 0.0297. The van der Waals surface area contributed by atoms with Gasteiger partial charge in [0.25, 0.3) is 23.4 Å². The van der Waals surface area contributed by atoms with E-state index in [-0.39, 0.29) is 46.7 Å². The summed E-state index contributed by atoms with van der Waals surface area (Å²) in [6, 6.07) is 12.2. The number of urea groups is 1. The number of carbonyl (C=O) groups is 4. The van der Waals surface area contributed by atoms with Crippen molar-refractivity contribution in [3.63, 3.8) is 0 Å². The Morgan fingerprint density at radius 3 is 2.52 bits per heavy atom. The molecule has 216 valence electrons. The average Bonchev–Trinajstić information content (AvgIpc) is 2.93. The Hall–Kier alpha value is -5.23. The predicted octanol–water partition coefficient (Wildman–Crippen LogP) is 4.95. The third-order valence-corrected chi connectivity index (χ3v) is 6.46.